The second-order valence-electron chi connectivity index (χ2n) is 6.68. The number of allylic oxidation sites excluding steroid dienone is 2. The van der Waals surface area contributed by atoms with E-state index in [4.69, 9.17) is 0 Å². The molecule has 2 unspecified atom stereocenters. The van der Waals surface area contributed by atoms with Crippen molar-refractivity contribution in [2.24, 2.45) is 11.8 Å². The Morgan fingerprint density at radius 2 is 1.62 bits per heavy atom. The van der Waals surface area contributed by atoms with Crippen molar-refractivity contribution in [1.82, 2.24) is 4.90 Å². The lowest BCUT2D eigenvalue weighted by molar-refractivity contribution is -0.140. The van der Waals surface area contributed by atoms with Crippen molar-refractivity contribution >= 4 is 28.3 Å². The minimum absolute atomic E-state index is 0.0730. The number of amides is 2. The Morgan fingerprint density at radius 3 is 2.35 bits per heavy atom. The van der Waals surface area contributed by atoms with Crippen LogP contribution in [-0.4, -0.2) is 29.8 Å². The van der Waals surface area contributed by atoms with Crippen molar-refractivity contribution < 1.29 is 9.59 Å². The molecule has 0 fully saturated rings. The van der Waals surface area contributed by atoms with Gasteiger partial charge in [-0.3, -0.25) is 9.59 Å². The van der Waals surface area contributed by atoms with Gasteiger partial charge in [-0.05, 0) is 38.1 Å². The first-order valence-corrected chi connectivity index (χ1v) is 9.38. The van der Waals surface area contributed by atoms with Gasteiger partial charge in [-0.25, -0.2) is 0 Å². The van der Waals surface area contributed by atoms with Crippen LogP contribution in [0.5, 0.6) is 0 Å². The van der Waals surface area contributed by atoms with Gasteiger partial charge in [0.2, 0.25) is 11.8 Å². The monoisotopic (exact) mass is 350 g/mol. The molecule has 4 heteroatoms. The molecule has 1 aliphatic carbocycles. The second-order valence-corrected chi connectivity index (χ2v) is 6.68. The molecule has 1 N–H and O–H groups in total. The number of rotatable bonds is 5. The molecule has 0 aromatic heterocycles. The van der Waals surface area contributed by atoms with Crippen LogP contribution in [0, 0.1) is 11.8 Å². The predicted molar refractivity (Wildman–Crippen MR) is 106 cm³/mol. The molecule has 0 heterocycles. The zero-order chi connectivity index (χ0) is 18.5. The predicted octanol–water partition coefficient (Wildman–Crippen LogP) is 4.23. The van der Waals surface area contributed by atoms with E-state index in [1.807, 2.05) is 73.4 Å². The minimum atomic E-state index is -0.327. The topological polar surface area (TPSA) is 49.4 Å². The van der Waals surface area contributed by atoms with E-state index in [0.29, 0.717) is 25.9 Å². The zero-order valence-electron chi connectivity index (χ0n) is 15.4. The SMILES string of the molecule is CCN(CC)C(=O)C1CC=CCC1C(=O)Nc1cccc2ccccc12. The number of nitrogens with one attached hydrogen (secondary N) is 1. The van der Waals surface area contributed by atoms with Crippen LogP contribution < -0.4 is 5.32 Å². The molecule has 2 aromatic carbocycles. The normalized spacial score (nSPS) is 19.3. The fourth-order valence-corrected chi connectivity index (χ4v) is 3.71. The highest BCUT2D eigenvalue weighted by atomic mass is 16.2. The molecule has 0 bridgehead atoms. The standard InChI is InChI=1S/C22H26N2O2/c1-3-24(4-2)22(26)19-14-8-7-13-18(19)21(25)23-20-15-9-11-16-10-5-6-12-17(16)20/h5-12,15,18-19H,3-4,13-14H2,1-2H3,(H,23,25). The molecule has 0 saturated heterocycles. The van der Waals surface area contributed by atoms with E-state index in [-0.39, 0.29) is 23.7 Å². The van der Waals surface area contributed by atoms with Crippen molar-refractivity contribution in [3.8, 4) is 0 Å². The Labute approximate surface area is 154 Å². The number of hydrogen-bond acceptors (Lipinski definition) is 2. The summed E-state index contributed by atoms with van der Waals surface area (Å²) in [5, 5.41) is 5.17. The number of carbonyl (C=O) groups excluding carboxylic acids is 2. The lowest BCUT2D eigenvalue weighted by Crippen LogP contribution is -2.43. The molecule has 3 rings (SSSR count). The molecule has 1 aliphatic rings. The summed E-state index contributed by atoms with van der Waals surface area (Å²) in [6.45, 7) is 5.30. The van der Waals surface area contributed by atoms with Gasteiger partial charge in [0.1, 0.15) is 0 Å². The Kier molecular flexibility index (Phi) is 5.71. The summed E-state index contributed by atoms with van der Waals surface area (Å²) in [7, 11) is 0. The third kappa shape index (κ3) is 3.64. The number of anilines is 1. The Morgan fingerprint density at radius 1 is 0.962 bits per heavy atom. The van der Waals surface area contributed by atoms with Crippen molar-refractivity contribution in [1.29, 1.82) is 0 Å². The van der Waals surface area contributed by atoms with Crippen molar-refractivity contribution in [2.45, 2.75) is 26.7 Å². The maximum atomic E-state index is 13.0. The first kappa shape index (κ1) is 18.2. The number of hydrogen-bond donors (Lipinski definition) is 1. The van der Waals surface area contributed by atoms with Crippen LogP contribution in [0.2, 0.25) is 0 Å². The van der Waals surface area contributed by atoms with Crippen molar-refractivity contribution in [3.05, 3.63) is 54.6 Å². The van der Waals surface area contributed by atoms with Crippen LogP contribution in [-0.2, 0) is 9.59 Å². The first-order chi connectivity index (χ1) is 12.7. The molecule has 26 heavy (non-hydrogen) atoms. The molecule has 2 aromatic rings. The molecule has 136 valence electrons. The lowest BCUT2D eigenvalue weighted by Gasteiger charge is -2.31. The summed E-state index contributed by atoms with van der Waals surface area (Å²) in [5.41, 5.74) is 0.802. The largest absolute Gasteiger partial charge is 0.343 e. The van der Waals surface area contributed by atoms with E-state index in [2.05, 4.69) is 5.32 Å². The van der Waals surface area contributed by atoms with Crippen molar-refractivity contribution in [2.75, 3.05) is 18.4 Å². The molecule has 0 radical (unpaired) electrons. The first-order valence-electron chi connectivity index (χ1n) is 9.38. The minimum Gasteiger partial charge on any atom is -0.343 e. The third-order valence-electron chi connectivity index (χ3n) is 5.21. The summed E-state index contributed by atoms with van der Waals surface area (Å²) in [6.07, 6.45) is 5.27. The smallest absolute Gasteiger partial charge is 0.228 e. The highest BCUT2D eigenvalue weighted by Crippen LogP contribution is 2.30. The van der Waals surface area contributed by atoms with Crippen LogP contribution in [0.1, 0.15) is 26.7 Å². The fraction of sp³-hybridized carbons (Fsp3) is 0.364. The molecule has 2 atom stereocenters. The van der Waals surface area contributed by atoms with Gasteiger partial charge in [0.25, 0.3) is 0 Å². The van der Waals surface area contributed by atoms with Gasteiger partial charge in [0.05, 0.1) is 11.8 Å². The van der Waals surface area contributed by atoms with E-state index in [1.165, 1.54) is 0 Å². The Bertz CT molecular complexity index is 819. The zero-order valence-corrected chi connectivity index (χ0v) is 15.4. The molecule has 2 amide bonds. The Balaban J connectivity index is 1.83. The lowest BCUT2D eigenvalue weighted by atomic mass is 9.81. The van der Waals surface area contributed by atoms with Gasteiger partial charge in [-0.15, -0.1) is 0 Å². The van der Waals surface area contributed by atoms with Gasteiger partial charge >= 0.3 is 0 Å². The number of benzene rings is 2. The molecule has 0 aliphatic heterocycles. The highest BCUT2D eigenvalue weighted by molar-refractivity contribution is 6.04. The van der Waals surface area contributed by atoms with Gasteiger partial charge in [-0.1, -0.05) is 48.6 Å². The van der Waals surface area contributed by atoms with E-state index in [0.717, 1.165) is 16.5 Å². The number of carbonyl (C=O) groups is 2. The number of fused-ring (bicyclic) bond motifs is 1. The summed E-state index contributed by atoms with van der Waals surface area (Å²) < 4.78 is 0. The molecule has 0 saturated carbocycles. The van der Waals surface area contributed by atoms with Gasteiger partial charge < -0.3 is 10.2 Å². The van der Waals surface area contributed by atoms with Crippen LogP contribution in [0.4, 0.5) is 5.69 Å². The van der Waals surface area contributed by atoms with Crippen LogP contribution in [0.25, 0.3) is 10.8 Å². The Hall–Kier alpha value is -2.62. The average Bonchev–Trinajstić information content (AvgIpc) is 2.69. The second kappa shape index (κ2) is 8.17. The van der Waals surface area contributed by atoms with Crippen LogP contribution in [0.15, 0.2) is 54.6 Å². The number of nitrogens with zero attached hydrogens (tertiary/aromatic N) is 1. The maximum Gasteiger partial charge on any atom is 0.228 e. The molecular formula is C22H26N2O2. The van der Waals surface area contributed by atoms with Crippen LogP contribution in [0.3, 0.4) is 0 Å². The van der Waals surface area contributed by atoms with Gasteiger partial charge in [0.15, 0.2) is 0 Å². The third-order valence-corrected chi connectivity index (χ3v) is 5.21. The van der Waals surface area contributed by atoms with E-state index in [1.54, 1.807) is 0 Å². The van der Waals surface area contributed by atoms with Crippen LogP contribution >= 0.6 is 0 Å². The van der Waals surface area contributed by atoms with E-state index in [9.17, 15) is 9.59 Å². The molecule has 0 spiro atoms. The quantitative estimate of drug-likeness (QED) is 0.821. The summed E-state index contributed by atoms with van der Waals surface area (Å²) >= 11 is 0. The van der Waals surface area contributed by atoms with Gasteiger partial charge in [-0.2, -0.15) is 0 Å². The molecule has 4 nitrogen and oxygen atoms in total. The van der Waals surface area contributed by atoms with E-state index >= 15 is 0 Å². The van der Waals surface area contributed by atoms with Gasteiger partial charge in [0, 0.05) is 24.2 Å². The van der Waals surface area contributed by atoms with Crippen molar-refractivity contribution in [3.63, 3.8) is 0 Å². The summed E-state index contributed by atoms with van der Waals surface area (Å²) in [6, 6.07) is 13.9. The average molecular weight is 350 g/mol. The maximum absolute atomic E-state index is 13.0. The molecular weight excluding hydrogens is 324 g/mol. The fourth-order valence-electron chi connectivity index (χ4n) is 3.71. The summed E-state index contributed by atoms with van der Waals surface area (Å²) in [5.74, 6) is -0.601. The van der Waals surface area contributed by atoms with E-state index < -0.39 is 0 Å². The summed E-state index contributed by atoms with van der Waals surface area (Å²) in [4.78, 5) is 27.7. The highest BCUT2D eigenvalue weighted by Gasteiger charge is 2.35.